The Balaban J connectivity index is 1.42. The number of methoxy groups -OCH3 is 1. The minimum absolute atomic E-state index is 0.0227. The van der Waals surface area contributed by atoms with Gasteiger partial charge in [-0.3, -0.25) is 9.78 Å². The first-order valence-corrected chi connectivity index (χ1v) is 9.58. The number of hydrogen-bond acceptors (Lipinski definition) is 7. The summed E-state index contributed by atoms with van der Waals surface area (Å²) in [5, 5.41) is 26.4. The van der Waals surface area contributed by atoms with E-state index >= 15 is 0 Å². The van der Waals surface area contributed by atoms with Crippen molar-refractivity contribution in [1.82, 2.24) is 15.6 Å². The lowest BCUT2D eigenvalue weighted by molar-refractivity contribution is -0.125. The van der Waals surface area contributed by atoms with Gasteiger partial charge in [-0.2, -0.15) is 0 Å². The molecule has 1 fully saturated rings. The van der Waals surface area contributed by atoms with Crippen molar-refractivity contribution in [2.24, 2.45) is 0 Å². The summed E-state index contributed by atoms with van der Waals surface area (Å²) < 4.78 is 10.8. The molecule has 1 aliphatic rings. The molecule has 0 bridgehead atoms. The van der Waals surface area contributed by atoms with E-state index in [1.54, 1.807) is 13.3 Å². The Bertz CT molecular complexity index is 772. The van der Waals surface area contributed by atoms with Gasteiger partial charge in [-0.05, 0) is 29.8 Å². The van der Waals surface area contributed by atoms with Crippen molar-refractivity contribution in [2.45, 2.75) is 43.9 Å². The third kappa shape index (κ3) is 5.98. The Morgan fingerprint density at radius 2 is 1.86 bits per heavy atom. The van der Waals surface area contributed by atoms with Gasteiger partial charge in [-0.25, -0.2) is 0 Å². The third-order valence-corrected chi connectivity index (χ3v) is 4.87. The number of aliphatic hydroxyl groups excluding tert-OH is 2. The molecule has 0 unspecified atom stereocenters. The fraction of sp³-hybridized carbons (Fsp3) is 0.429. The average Bonchev–Trinajstić information content (AvgIpc) is 3.01. The molecule has 8 heteroatoms. The van der Waals surface area contributed by atoms with Crippen LogP contribution in [-0.4, -0.2) is 59.2 Å². The number of pyridine rings is 1. The average molecular weight is 401 g/mol. The number of benzene rings is 1. The standard InChI is InChI=1S/C21H27N3O5/c1-28-16-7-5-14(6-8-16)11-24-19(25)10-17-20(26)21(27)18(29-17)13-22-12-15-4-2-3-9-23-15/h2-9,17-18,20-22,26-27H,10-13H2,1H3,(H,24,25)/t17-,18+,20-,21+/m0/s1. The number of ether oxygens (including phenoxy) is 2. The van der Waals surface area contributed by atoms with Gasteiger partial charge in [0.1, 0.15) is 18.0 Å². The molecule has 2 heterocycles. The molecule has 0 saturated carbocycles. The highest BCUT2D eigenvalue weighted by atomic mass is 16.5. The van der Waals surface area contributed by atoms with Crippen LogP contribution in [0.1, 0.15) is 17.7 Å². The van der Waals surface area contributed by atoms with Crippen LogP contribution in [0.2, 0.25) is 0 Å². The van der Waals surface area contributed by atoms with Crippen LogP contribution >= 0.6 is 0 Å². The van der Waals surface area contributed by atoms with Gasteiger partial charge < -0.3 is 30.3 Å². The van der Waals surface area contributed by atoms with Crippen molar-refractivity contribution in [3.8, 4) is 5.75 Å². The van der Waals surface area contributed by atoms with Crippen LogP contribution in [-0.2, 0) is 22.6 Å². The SMILES string of the molecule is COc1ccc(CNC(=O)C[C@@H]2O[C@H](CNCc3ccccn3)[C@@H](O)[C@H]2O)cc1. The first-order valence-electron chi connectivity index (χ1n) is 9.58. The topological polar surface area (TPSA) is 113 Å². The van der Waals surface area contributed by atoms with Gasteiger partial charge in [-0.1, -0.05) is 18.2 Å². The maximum atomic E-state index is 12.2. The van der Waals surface area contributed by atoms with Crippen LogP contribution in [0.15, 0.2) is 48.7 Å². The zero-order valence-electron chi connectivity index (χ0n) is 16.3. The van der Waals surface area contributed by atoms with E-state index < -0.39 is 24.4 Å². The summed E-state index contributed by atoms with van der Waals surface area (Å²) in [4.78, 5) is 16.4. The van der Waals surface area contributed by atoms with Crippen molar-refractivity contribution in [2.75, 3.05) is 13.7 Å². The molecule has 0 radical (unpaired) electrons. The molecule has 1 saturated heterocycles. The summed E-state index contributed by atoms with van der Waals surface area (Å²) in [7, 11) is 1.60. The Hall–Kier alpha value is -2.52. The van der Waals surface area contributed by atoms with Crippen molar-refractivity contribution < 1.29 is 24.5 Å². The zero-order chi connectivity index (χ0) is 20.6. The van der Waals surface area contributed by atoms with Gasteiger partial charge in [0.05, 0.1) is 31.4 Å². The number of aromatic nitrogens is 1. The smallest absolute Gasteiger partial charge is 0.222 e. The molecule has 4 N–H and O–H groups in total. The summed E-state index contributed by atoms with van der Waals surface area (Å²) in [6, 6.07) is 13.0. The molecule has 2 aromatic rings. The van der Waals surface area contributed by atoms with E-state index in [0.29, 0.717) is 19.6 Å². The quantitative estimate of drug-likeness (QED) is 0.480. The lowest BCUT2D eigenvalue weighted by Gasteiger charge is -2.15. The monoisotopic (exact) mass is 401 g/mol. The van der Waals surface area contributed by atoms with Gasteiger partial charge in [0.15, 0.2) is 0 Å². The van der Waals surface area contributed by atoms with Gasteiger partial charge in [0, 0.05) is 25.8 Å². The number of carbonyl (C=O) groups is 1. The molecule has 1 amide bonds. The van der Waals surface area contributed by atoms with Gasteiger partial charge in [0.25, 0.3) is 0 Å². The summed E-state index contributed by atoms with van der Waals surface area (Å²) >= 11 is 0. The van der Waals surface area contributed by atoms with E-state index in [1.807, 2.05) is 42.5 Å². The Kier molecular flexibility index (Phi) is 7.54. The Morgan fingerprint density at radius 1 is 1.10 bits per heavy atom. The molecule has 8 nitrogen and oxygen atoms in total. The molecule has 3 rings (SSSR count). The second-order valence-electron chi connectivity index (χ2n) is 6.98. The van der Waals surface area contributed by atoms with Crippen LogP contribution in [0.4, 0.5) is 0 Å². The number of carbonyl (C=O) groups excluding carboxylic acids is 1. The number of amides is 1. The third-order valence-electron chi connectivity index (χ3n) is 4.87. The number of aliphatic hydroxyl groups is 2. The maximum absolute atomic E-state index is 12.2. The molecular weight excluding hydrogens is 374 g/mol. The van der Waals surface area contributed by atoms with E-state index in [1.165, 1.54) is 0 Å². The van der Waals surface area contributed by atoms with Crippen LogP contribution in [0.5, 0.6) is 5.75 Å². The fourth-order valence-corrected chi connectivity index (χ4v) is 3.21. The normalized spacial score (nSPS) is 23.7. The number of rotatable bonds is 9. The van der Waals surface area contributed by atoms with E-state index in [-0.39, 0.29) is 12.3 Å². The molecule has 156 valence electrons. The van der Waals surface area contributed by atoms with Crippen LogP contribution in [0.3, 0.4) is 0 Å². The van der Waals surface area contributed by atoms with Gasteiger partial charge >= 0.3 is 0 Å². The second-order valence-corrected chi connectivity index (χ2v) is 6.98. The highest BCUT2D eigenvalue weighted by molar-refractivity contribution is 5.76. The van der Waals surface area contributed by atoms with Crippen molar-refractivity contribution in [1.29, 1.82) is 0 Å². The molecule has 1 aromatic carbocycles. The van der Waals surface area contributed by atoms with Gasteiger partial charge in [0.2, 0.25) is 5.91 Å². The summed E-state index contributed by atoms with van der Waals surface area (Å²) in [5.74, 6) is 0.499. The predicted molar refractivity (Wildman–Crippen MR) is 106 cm³/mol. The molecule has 0 aliphatic carbocycles. The molecule has 4 atom stereocenters. The lowest BCUT2D eigenvalue weighted by Crippen LogP contribution is -2.38. The molecule has 29 heavy (non-hydrogen) atoms. The largest absolute Gasteiger partial charge is 0.497 e. The predicted octanol–water partition coefficient (Wildman–Crippen LogP) is 0.375. The summed E-state index contributed by atoms with van der Waals surface area (Å²) in [5.41, 5.74) is 1.80. The van der Waals surface area contributed by atoms with E-state index in [9.17, 15) is 15.0 Å². The molecule has 1 aliphatic heterocycles. The second kappa shape index (κ2) is 10.3. The molecule has 1 aromatic heterocycles. The van der Waals surface area contributed by atoms with E-state index in [4.69, 9.17) is 9.47 Å². The van der Waals surface area contributed by atoms with Crippen LogP contribution in [0, 0.1) is 0 Å². The van der Waals surface area contributed by atoms with Crippen LogP contribution < -0.4 is 15.4 Å². The first kappa shape index (κ1) is 21.2. The summed E-state index contributed by atoms with van der Waals surface area (Å²) in [6.07, 6.45) is -1.81. The zero-order valence-corrected chi connectivity index (χ0v) is 16.3. The Labute approximate surface area is 169 Å². The number of hydrogen-bond donors (Lipinski definition) is 4. The molecule has 0 spiro atoms. The van der Waals surface area contributed by atoms with Gasteiger partial charge in [-0.15, -0.1) is 0 Å². The highest BCUT2D eigenvalue weighted by Crippen LogP contribution is 2.23. The highest BCUT2D eigenvalue weighted by Gasteiger charge is 2.42. The molecular formula is C21H27N3O5. The van der Waals surface area contributed by atoms with Crippen molar-refractivity contribution in [3.63, 3.8) is 0 Å². The fourth-order valence-electron chi connectivity index (χ4n) is 3.21. The van der Waals surface area contributed by atoms with Crippen molar-refractivity contribution in [3.05, 3.63) is 59.9 Å². The minimum atomic E-state index is -1.11. The summed E-state index contributed by atoms with van der Waals surface area (Å²) in [6.45, 7) is 1.23. The lowest BCUT2D eigenvalue weighted by atomic mass is 10.1. The Morgan fingerprint density at radius 3 is 2.55 bits per heavy atom. The van der Waals surface area contributed by atoms with Crippen molar-refractivity contribution >= 4 is 5.91 Å². The number of nitrogens with zero attached hydrogens (tertiary/aromatic N) is 1. The minimum Gasteiger partial charge on any atom is -0.497 e. The van der Waals surface area contributed by atoms with E-state index in [0.717, 1.165) is 17.0 Å². The number of nitrogens with one attached hydrogen (secondary N) is 2. The first-order chi connectivity index (χ1) is 14.1. The maximum Gasteiger partial charge on any atom is 0.222 e. The van der Waals surface area contributed by atoms with Crippen LogP contribution in [0.25, 0.3) is 0 Å². The van der Waals surface area contributed by atoms with E-state index in [2.05, 4.69) is 15.6 Å².